The minimum atomic E-state index is 0.225. The monoisotopic (exact) mass is 262 g/mol. The molecular weight excluding hydrogens is 236 g/mol. The van der Waals surface area contributed by atoms with E-state index in [1.54, 1.807) is 0 Å². The third-order valence-corrected chi connectivity index (χ3v) is 3.77. The molecule has 1 heterocycles. The third-order valence-electron chi connectivity index (χ3n) is 3.77. The Kier molecular flexibility index (Phi) is 4.83. The van der Waals surface area contributed by atoms with Gasteiger partial charge >= 0.3 is 0 Å². The minimum absolute atomic E-state index is 0.225. The summed E-state index contributed by atoms with van der Waals surface area (Å²) < 4.78 is 5.68. The van der Waals surface area contributed by atoms with Crippen molar-refractivity contribution in [1.82, 2.24) is 4.90 Å². The lowest BCUT2D eigenvalue weighted by molar-refractivity contribution is 0.159. The maximum atomic E-state index is 6.06. The molecule has 1 aromatic rings. The summed E-state index contributed by atoms with van der Waals surface area (Å²) in [4.78, 5) is 2.48. The van der Waals surface area contributed by atoms with Gasteiger partial charge in [-0.2, -0.15) is 0 Å². The van der Waals surface area contributed by atoms with Gasteiger partial charge in [0.15, 0.2) is 0 Å². The zero-order valence-electron chi connectivity index (χ0n) is 12.3. The molecule has 1 aliphatic heterocycles. The average Bonchev–Trinajstić information content (AvgIpc) is 2.38. The summed E-state index contributed by atoms with van der Waals surface area (Å²) in [5, 5.41) is 0. The van der Waals surface area contributed by atoms with Gasteiger partial charge in [-0.15, -0.1) is 0 Å². The summed E-state index contributed by atoms with van der Waals surface area (Å²) in [5.41, 5.74) is 7.40. The van der Waals surface area contributed by atoms with Crippen molar-refractivity contribution >= 4 is 0 Å². The SMILES string of the molecule is CC(C)Oc1ccc(C(C)N2CCCC(N)C2)cc1. The second kappa shape index (κ2) is 6.40. The van der Waals surface area contributed by atoms with Crippen molar-refractivity contribution in [3.05, 3.63) is 29.8 Å². The van der Waals surface area contributed by atoms with Crippen LogP contribution < -0.4 is 10.5 Å². The van der Waals surface area contributed by atoms with Gasteiger partial charge in [0.05, 0.1) is 6.10 Å². The molecule has 1 aromatic carbocycles. The Morgan fingerprint density at radius 1 is 1.21 bits per heavy atom. The smallest absolute Gasteiger partial charge is 0.119 e. The molecule has 0 amide bonds. The van der Waals surface area contributed by atoms with Crippen LogP contribution in [0.4, 0.5) is 0 Å². The summed E-state index contributed by atoms with van der Waals surface area (Å²) >= 11 is 0. The van der Waals surface area contributed by atoms with Crippen LogP contribution in [0.5, 0.6) is 5.75 Å². The van der Waals surface area contributed by atoms with Crippen molar-refractivity contribution in [1.29, 1.82) is 0 Å². The first kappa shape index (κ1) is 14.4. The van der Waals surface area contributed by atoms with Crippen LogP contribution in [0.1, 0.15) is 45.2 Å². The molecule has 0 aliphatic carbocycles. The second-order valence-corrected chi connectivity index (χ2v) is 5.81. The number of benzene rings is 1. The molecule has 3 heteroatoms. The third kappa shape index (κ3) is 3.95. The molecule has 0 aromatic heterocycles. The van der Waals surface area contributed by atoms with Crippen LogP contribution in [-0.4, -0.2) is 30.1 Å². The summed E-state index contributed by atoms with van der Waals surface area (Å²) in [6, 6.07) is 9.23. The lowest BCUT2D eigenvalue weighted by Crippen LogP contribution is -2.43. The zero-order chi connectivity index (χ0) is 13.8. The predicted octanol–water partition coefficient (Wildman–Crippen LogP) is 2.96. The van der Waals surface area contributed by atoms with Crippen LogP contribution in [0.15, 0.2) is 24.3 Å². The van der Waals surface area contributed by atoms with E-state index in [0.29, 0.717) is 12.1 Å². The van der Waals surface area contributed by atoms with E-state index in [0.717, 1.165) is 25.3 Å². The van der Waals surface area contributed by atoms with Gasteiger partial charge in [-0.3, -0.25) is 4.90 Å². The largest absolute Gasteiger partial charge is 0.491 e. The minimum Gasteiger partial charge on any atom is -0.491 e. The first-order valence-electron chi connectivity index (χ1n) is 7.32. The highest BCUT2D eigenvalue weighted by molar-refractivity contribution is 5.29. The zero-order valence-corrected chi connectivity index (χ0v) is 12.3. The Morgan fingerprint density at radius 2 is 1.89 bits per heavy atom. The molecule has 2 N–H and O–H groups in total. The highest BCUT2D eigenvalue weighted by atomic mass is 16.5. The van der Waals surface area contributed by atoms with Crippen molar-refractivity contribution in [3.8, 4) is 5.75 Å². The highest BCUT2D eigenvalue weighted by Crippen LogP contribution is 2.25. The van der Waals surface area contributed by atoms with E-state index in [-0.39, 0.29) is 6.10 Å². The average molecular weight is 262 g/mol. The Morgan fingerprint density at radius 3 is 2.47 bits per heavy atom. The fourth-order valence-electron chi connectivity index (χ4n) is 2.70. The molecule has 0 radical (unpaired) electrons. The van der Waals surface area contributed by atoms with Crippen molar-refractivity contribution in [2.75, 3.05) is 13.1 Å². The van der Waals surface area contributed by atoms with Crippen LogP contribution in [0.25, 0.3) is 0 Å². The van der Waals surface area contributed by atoms with Crippen LogP contribution in [0.3, 0.4) is 0 Å². The molecule has 1 fully saturated rings. The molecular formula is C16H26N2O. The fourth-order valence-corrected chi connectivity index (χ4v) is 2.70. The first-order valence-corrected chi connectivity index (χ1v) is 7.32. The summed E-state index contributed by atoms with van der Waals surface area (Å²) in [5.74, 6) is 0.946. The van der Waals surface area contributed by atoms with Gasteiger partial charge in [-0.25, -0.2) is 0 Å². The number of nitrogens with zero attached hydrogens (tertiary/aromatic N) is 1. The lowest BCUT2D eigenvalue weighted by atomic mass is 10.0. The standard InChI is InChI=1S/C16H26N2O/c1-12(2)19-16-8-6-14(7-9-16)13(3)18-10-4-5-15(17)11-18/h6-9,12-13,15H,4-5,10-11,17H2,1-3H3. The van der Waals surface area contributed by atoms with Gasteiger partial charge in [0.1, 0.15) is 5.75 Å². The van der Waals surface area contributed by atoms with E-state index in [1.807, 2.05) is 13.8 Å². The Bertz CT molecular complexity index is 388. The van der Waals surface area contributed by atoms with Gasteiger partial charge < -0.3 is 10.5 Å². The molecule has 3 nitrogen and oxygen atoms in total. The number of hydrogen-bond donors (Lipinski definition) is 1. The molecule has 0 bridgehead atoms. The summed E-state index contributed by atoms with van der Waals surface area (Å²) in [6.45, 7) is 8.51. The molecule has 19 heavy (non-hydrogen) atoms. The first-order chi connectivity index (χ1) is 9.06. The summed E-state index contributed by atoms with van der Waals surface area (Å²) in [7, 11) is 0. The predicted molar refractivity (Wildman–Crippen MR) is 79.4 cm³/mol. The van der Waals surface area contributed by atoms with Gasteiger partial charge in [0.25, 0.3) is 0 Å². The highest BCUT2D eigenvalue weighted by Gasteiger charge is 2.22. The second-order valence-electron chi connectivity index (χ2n) is 5.81. The van der Waals surface area contributed by atoms with Crippen LogP contribution >= 0.6 is 0 Å². The van der Waals surface area contributed by atoms with E-state index < -0.39 is 0 Å². The fraction of sp³-hybridized carbons (Fsp3) is 0.625. The van der Waals surface area contributed by atoms with E-state index >= 15 is 0 Å². The number of ether oxygens (including phenoxy) is 1. The van der Waals surface area contributed by atoms with Crippen molar-refractivity contribution in [2.24, 2.45) is 5.73 Å². The molecule has 2 rings (SSSR count). The van der Waals surface area contributed by atoms with E-state index in [1.165, 1.54) is 12.0 Å². The molecule has 1 aliphatic rings. The summed E-state index contributed by atoms with van der Waals surface area (Å²) in [6.07, 6.45) is 2.59. The topological polar surface area (TPSA) is 38.5 Å². The van der Waals surface area contributed by atoms with Gasteiger partial charge in [0.2, 0.25) is 0 Å². The van der Waals surface area contributed by atoms with Gasteiger partial charge in [-0.05, 0) is 57.9 Å². The van der Waals surface area contributed by atoms with Crippen LogP contribution in [0, 0.1) is 0 Å². The quantitative estimate of drug-likeness (QED) is 0.906. The van der Waals surface area contributed by atoms with Gasteiger partial charge in [0, 0.05) is 18.6 Å². The number of hydrogen-bond acceptors (Lipinski definition) is 3. The van der Waals surface area contributed by atoms with Gasteiger partial charge in [-0.1, -0.05) is 12.1 Å². The molecule has 106 valence electrons. The Labute approximate surface area is 116 Å². The molecule has 2 atom stereocenters. The van der Waals surface area contributed by atoms with Crippen LogP contribution in [-0.2, 0) is 0 Å². The van der Waals surface area contributed by atoms with E-state index in [4.69, 9.17) is 10.5 Å². The van der Waals surface area contributed by atoms with E-state index in [9.17, 15) is 0 Å². The van der Waals surface area contributed by atoms with Crippen molar-refractivity contribution < 1.29 is 4.74 Å². The maximum absolute atomic E-state index is 6.06. The number of nitrogens with two attached hydrogens (primary N) is 1. The number of piperidine rings is 1. The molecule has 2 unspecified atom stereocenters. The van der Waals surface area contributed by atoms with Crippen molar-refractivity contribution in [3.63, 3.8) is 0 Å². The van der Waals surface area contributed by atoms with E-state index in [2.05, 4.69) is 36.1 Å². The Balaban J connectivity index is 2.00. The number of rotatable bonds is 4. The molecule has 0 saturated carbocycles. The lowest BCUT2D eigenvalue weighted by Gasteiger charge is -2.35. The number of likely N-dealkylation sites (tertiary alicyclic amines) is 1. The van der Waals surface area contributed by atoms with Crippen molar-refractivity contribution in [2.45, 2.75) is 51.8 Å². The Hall–Kier alpha value is -1.06. The maximum Gasteiger partial charge on any atom is 0.119 e. The molecule has 1 saturated heterocycles. The van der Waals surface area contributed by atoms with Crippen LogP contribution in [0.2, 0.25) is 0 Å². The normalized spacial score (nSPS) is 22.5. The molecule has 0 spiro atoms.